The van der Waals surface area contributed by atoms with Crippen LogP contribution in [0.2, 0.25) is 5.15 Å². The molecule has 6 heteroatoms. The largest absolute Gasteiger partial charge is 0.330 e. The molecule has 0 fully saturated rings. The van der Waals surface area contributed by atoms with Gasteiger partial charge in [-0.3, -0.25) is 0 Å². The van der Waals surface area contributed by atoms with Gasteiger partial charge in [-0.1, -0.05) is 11.6 Å². The molecule has 2 N–H and O–H groups in total. The molecule has 0 aliphatic heterocycles. The molecule has 0 radical (unpaired) electrons. The van der Waals surface area contributed by atoms with Gasteiger partial charge in [-0.2, -0.15) is 9.61 Å². The number of halogens is 1. The number of hydrogen-bond donors (Lipinski definition) is 1. The van der Waals surface area contributed by atoms with E-state index >= 15 is 0 Å². The van der Waals surface area contributed by atoms with Crippen molar-refractivity contribution in [3.8, 4) is 0 Å². The van der Waals surface area contributed by atoms with Gasteiger partial charge < -0.3 is 5.73 Å². The molecule has 2 aromatic heterocycles. The Balaban J connectivity index is 2.60. The summed E-state index contributed by atoms with van der Waals surface area (Å²) in [4.78, 5) is 8.19. The quantitative estimate of drug-likeness (QED) is 0.751. The average Bonchev–Trinajstić information content (AvgIpc) is 2.46. The molecular weight excluding hydrogens is 190 g/mol. The molecule has 68 valence electrons. The van der Waals surface area contributed by atoms with Gasteiger partial charge in [0.1, 0.15) is 0 Å². The van der Waals surface area contributed by atoms with Crippen molar-refractivity contribution in [2.45, 2.75) is 6.42 Å². The maximum atomic E-state index is 5.98. The molecule has 0 aliphatic carbocycles. The molecule has 0 amide bonds. The summed E-state index contributed by atoms with van der Waals surface area (Å²) in [5.74, 6) is 0.510. The van der Waals surface area contributed by atoms with Crippen LogP contribution in [-0.4, -0.2) is 26.1 Å². The Bertz CT molecular complexity index is 424. The van der Waals surface area contributed by atoms with Gasteiger partial charge >= 0.3 is 0 Å². The molecule has 0 bridgehead atoms. The Morgan fingerprint density at radius 3 is 3.00 bits per heavy atom. The van der Waals surface area contributed by atoms with Crippen molar-refractivity contribution in [3.63, 3.8) is 0 Å². The second kappa shape index (κ2) is 3.27. The van der Waals surface area contributed by atoms with E-state index < -0.39 is 0 Å². The molecule has 13 heavy (non-hydrogen) atoms. The minimum absolute atomic E-state index is 0.494. The number of fused-ring (bicyclic) bond motifs is 1. The van der Waals surface area contributed by atoms with Gasteiger partial charge in [0.25, 0.3) is 5.78 Å². The van der Waals surface area contributed by atoms with Gasteiger partial charge in [-0.25, -0.2) is 9.97 Å². The summed E-state index contributed by atoms with van der Waals surface area (Å²) in [6.45, 7) is 0.517. The third-order valence-corrected chi connectivity index (χ3v) is 2.05. The van der Waals surface area contributed by atoms with Crippen LogP contribution in [0.1, 0.15) is 5.69 Å². The lowest BCUT2D eigenvalue weighted by atomic mass is 10.3. The highest BCUT2D eigenvalue weighted by Gasteiger charge is 2.09. The summed E-state index contributed by atoms with van der Waals surface area (Å²) in [7, 11) is 0. The lowest BCUT2D eigenvalue weighted by Gasteiger charge is -1.91. The van der Waals surface area contributed by atoms with Gasteiger partial charge in [0.05, 0.1) is 18.1 Å². The second-order valence-electron chi connectivity index (χ2n) is 2.54. The average molecular weight is 198 g/mol. The molecule has 2 rings (SSSR count). The zero-order valence-electron chi connectivity index (χ0n) is 6.81. The molecule has 0 spiro atoms. The van der Waals surface area contributed by atoms with Crippen molar-refractivity contribution in [3.05, 3.63) is 23.2 Å². The molecule has 5 nitrogen and oxygen atoms in total. The van der Waals surface area contributed by atoms with Gasteiger partial charge in [0.15, 0.2) is 5.15 Å². The van der Waals surface area contributed by atoms with Crippen LogP contribution in [0.25, 0.3) is 5.78 Å². The number of imidazole rings is 1. The van der Waals surface area contributed by atoms with Crippen LogP contribution in [-0.2, 0) is 6.42 Å². The highest BCUT2D eigenvalue weighted by Crippen LogP contribution is 2.15. The van der Waals surface area contributed by atoms with E-state index in [0.717, 1.165) is 5.69 Å². The molecule has 0 unspecified atom stereocenters. The van der Waals surface area contributed by atoms with E-state index in [2.05, 4.69) is 15.1 Å². The maximum Gasteiger partial charge on any atom is 0.252 e. The number of rotatable bonds is 2. The van der Waals surface area contributed by atoms with E-state index in [1.807, 2.05) is 0 Å². The Morgan fingerprint density at radius 2 is 2.31 bits per heavy atom. The molecule has 2 aromatic rings. The number of aromatic nitrogens is 4. The zero-order chi connectivity index (χ0) is 9.26. The fourth-order valence-electron chi connectivity index (χ4n) is 1.10. The predicted molar refractivity (Wildman–Crippen MR) is 48.6 cm³/mol. The van der Waals surface area contributed by atoms with Crippen molar-refractivity contribution in [1.29, 1.82) is 0 Å². The minimum Gasteiger partial charge on any atom is -0.330 e. The van der Waals surface area contributed by atoms with Gasteiger partial charge in [-0.05, 0) is 6.54 Å². The zero-order valence-corrected chi connectivity index (χ0v) is 7.57. The molecule has 0 atom stereocenters. The third-order valence-electron chi connectivity index (χ3n) is 1.67. The molecule has 2 heterocycles. The monoisotopic (exact) mass is 197 g/mol. The summed E-state index contributed by atoms with van der Waals surface area (Å²) in [6, 6.07) is 0. The molecule has 0 saturated heterocycles. The van der Waals surface area contributed by atoms with Crippen molar-refractivity contribution < 1.29 is 0 Å². The topological polar surface area (TPSA) is 69.1 Å². The summed E-state index contributed by atoms with van der Waals surface area (Å²) in [5.41, 5.74) is 6.15. The molecule has 0 aromatic carbocycles. The Kier molecular flexibility index (Phi) is 2.12. The normalized spacial score (nSPS) is 10.9. The van der Waals surface area contributed by atoms with E-state index in [1.165, 1.54) is 4.52 Å². The smallest absolute Gasteiger partial charge is 0.252 e. The van der Waals surface area contributed by atoms with Gasteiger partial charge in [-0.15, -0.1) is 0 Å². The van der Waals surface area contributed by atoms with Crippen molar-refractivity contribution in [2.24, 2.45) is 5.73 Å². The van der Waals surface area contributed by atoms with Crippen LogP contribution < -0.4 is 5.73 Å². The van der Waals surface area contributed by atoms with Crippen LogP contribution in [0.15, 0.2) is 12.4 Å². The SMILES string of the molecule is NCCc1nc2nccnn2c1Cl. The summed E-state index contributed by atoms with van der Waals surface area (Å²) in [6.07, 6.45) is 3.78. The second-order valence-corrected chi connectivity index (χ2v) is 2.90. The van der Waals surface area contributed by atoms with E-state index in [-0.39, 0.29) is 0 Å². The van der Waals surface area contributed by atoms with Crippen LogP contribution in [0.4, 0.5) is 0 Å². The number of nitrogens with two attached hydrogens (primary N) is 1. The minimum atomic E-state index is 0.494. The highest BCUT2D eigenvalue weighted by molar-refractivity contribution is 6.30. The van der Waals surface area contributed by atoms with Crippen molar-refractivity contribution >= 4 is 17.4 Å². The lowest BCUT2D eigenvalue weighted by molar-refractivity contribution is 0.897. The molecule has 0 aliphatic rings. The Morgan fingerprint density at radius 1 is 1.46 bits per heavy atom. The first-order chi connectivity index (χ1) is 6.33. The van der Waals surface area contributed by atoms with Crippen LogP contribution in [0.5, 0.6) is 0 Å². The first-order valence-corrected chi connectivity index (χ1v) is 4.25. The summed E-state index contributed by atoms with van der Waals surface area (Å²) < 4.78 is 1.49. The highest BCUT2D eigenvalue weighted by atomic mass is 35.5. The summed E-state index contributed by atoms with van der Waals surface area (Å²) >= 11 is 5.98. The van der Waals surface area contributed by atoms with Crippen LogP contribution >= 0.6 is 11.6 Å². The molecular formula is C7H8ClN5. The lowest BCUT2D eigenvalue weighted by Crippen LogP contribution is -2.03. The first kappa shape index (κ1) is 8.40. The van der Waals surface area contributed by atoms with Gasteiger partial charge in [0.2, 0.25) is 0 Å². The van der Waals surface area contributed by atoms with E-state index in [9.17, 15) is 0 Å². The third kappa shape index (κ3) is 1.36. The predicted octanol–water partition coefficient (Wildman–Crippen LogP) is 0.279. The van der Waals surface area contributed by atoms with Crippen LogP contribution in [0.3, 0.4) is 0 Å². The fourth-order valence-corrected chi connectivity index (χ4v) is 1.36. The fraction of sp³-hybridized carbons (Fsp3) is 0.286. The van der Waals surface area contributed by atoms with Crippen molar-refractivity contribution in [2.75, 3.05) is 6.54 Å². The number of hydrogen-bond acceptors (Lipinski definition) is 4. The van der Waals surface area contributed by atoms with Crippen molar-refractivity contribution in [1.82, 2.24) is 19.6 Å². The van der Waals surface area contributed by atoms with E-state index in [4.69, 9.17) is 17.3 Å². The maximum absolute atomic E-state index is 5.98. The Labute approximate surface area is 79.6 Å². The van der Waals surface area contributed by atoms with E-state index in [1.54, 1.807) is 12.4 Å². The standard InChI is InChI=1S/C7H8ClN5/c8-6-5(1-2-9)12-7-10-3-4-11-13(6)7/h3-4H,1-2,9H2. The first-order valence-electron chi connectivity index (χ1n) is 3.87. The number of nitrogens with zero attached hydrogens (tertiary/aromatic N) is 4. The van der Waals surface area contributed by atoms with E-state index in [0.29, 0.717) is 23.9 Å². The summed E-state index contributed by atoms with van der Waals surface area (Å²) in [5, 5.41) is 4.50. The molecule has 0 saturated carbocycles. The van der Waals surface area contributed by atoms with Gasteiger partial charge in [0, 0.05) is 6.42 Å². The Hall–Kier alpha value is -1.20. The van der Waals surface area contributed by atoms with Crippen LogP contribution in [0, 0.1) is 0 Å².